The molecule has 1 heterocycles. The van der Waals surface area contributed by atoms with Crippen LogP contribution in [0.25, 0.3) is 0 Å². The zero-order chi connectivity index (χ0) is 16.7. The van der Waals surface area contributed by atoms with Crippen LogP contribution in [-0.4, -0.2) is 35.8 Å². The molecule has 0 radical (unpaired) electrons. The number of benzene rings is 1. The SMILES string of the molecule is COC1(c2ccc(F)c(F)c2)CCN(C(=O)O)C1C(C)(C)C. The molecule has 1 aliphatic heterocycles. The summed E-state index contributed by atoms with van der Waals surface area (Å²) < 4.78 is 32.6. The second-order valence-corrected chi connectivity index (χ2v) is 6.72. The Labute approximate surface area is 128 Å². The lowest BCUT2D eigenvalue weighted by Gasteiger charge is -2.44. The lowest BCUT2D eigenvalue weighted by atomic mass is 9.73. The molecule has 1 fully saturated rings. The summed E-state index contributed by atoms with van der Waals surface area (Å²) in [6.45, 7) is 6.01. The highest BCUT2D eigenvalue weighted by molar-refractivity contribution is 5.66. The maximum absolute atomic E-state index is 13.7. The van der Waals surface area contributed by atoms with Crippen molar-refractivity contribution in [2.24, 2.45) is 5.41 Å². The molecule has 1 aromatic carbocycles. The summed E-state index contributed by atoms with van der Waals surface area (Å²) in [5, 5.41) is 9.46. The monoisotopic (exact) mass is 313 g/mol. The molecule has 0 spiro atoms. The maximum atomic E-state index is 13.7. The van der Waals surface area contributed by atoms with Crippen LogP contribution in [0.3, 0.4) is 0 Å². The van der Waals surface area contributed by atoms with Gasteiger partial charge < -0.3 is 14.7 Å². The molecule has 0 aliphatic carbocycles. The van der Waals surface area contributed by atoms with E-state index in [1.165, 1.54) is 18.1 Å². The Morgan fingerprint density at radius 1 is 1.36 bits per heavy atom. The molecule has 6 heteroatoms. The van der Waals surface area contributed by atoms with Gasteiger partial charge in [0, 0.05) is 20.1 Å². The van der Waals surface area contributed by atoms with E-state index in [9.17, 15) is 18.7 Å². The Kier molecular flexibility index (Phi) is 4.17. The quantitative estimate of drug-likeness (QED) is 0.907. The Morgan fingerprint density at radius 2 is 2.00 bits per heavy atom. The maximum Gasteiger partial charge on any atom is 0.407 e. The molecule has 1 aliphatic rings. The van der Waals surface area contributed by atoms with E-state index in [-0.39, 0.29) is 6.54 Å². The van der Waals surface area contributed by atoms with Crippen molar-refractivity contribution in [1.29, 1.82) is 0 Å². The minimum Gasteiger partial charge on any atom is -0.465 e. The molecule has 22 heavy (non-hydrogen) atoms. The van der Waals surface area contributed by atoms with E-state index >= 15 is 0 Å². The molecule has 0 bridgehead atoms. The van der Waals surface area contributed by atoms with Gasteiger partial charge in [0.05, 0.1) is 6.04 Å². The molecular weight excluding hydrogens is 292 g/mol. The number of likely N-dealkylation sites (tertiary alicyclic amines) is 1. The molecule has 2 atom stereocenters. The van der Waals surface area contributed by atoms with E-state index in [1.54, 1.807) is 0 Å². The second kappa shape index (κ2) is 5.50. The predicted octanol–water partition coefficient (Wildman–Crippen LogP) is 3.60. The predicted molar refractivity (Wildman–Crippen MR) is 77.6 cm³/mol. The molecule has 4 nitrogen and oxygen atoms in total. The van der Waals surface area contributed by atoms with Crippen molar-refractivity contribution in [3.05, 3.63) is 35.4 Å². The van der Waals surface area contributed by atoms with Gasteiger partial charge in [-0.25, -0.2) is 13.6 Å². The first kappa shape index (κ1) is 16.7. The summed E-state index contributed by atoms with van der Waals surface area (Å²) >= 11 is 0. The fraction of sp³-hybridized carbons (Fsp3) is 0.562. The van der Waals surface area contributed by atoms with Crippen LogP contribution in [0.2, 0.25) is 0 Å². The first-order valence-electron chi connectivity index (χ1n) is 7.14. The topological polar surface area (TPSA) is 49.8 Å². The summed E-state index contributed by atoms with van der Waals surface area (Å²) in [5.74, 6) is -1.90. The van der Waals surface area contributed by atoms with Crippen molar-refractivity contribution in [2.75, 3.05) is 13.7 Å². The van der Waals surface area contributed by atoms with Crippen LogP contribution >= 0.6 is 0 Å². The van der Waals surface area contributed by atoms with Crippen molar-refractivity contribution in [2.45, 2.75) is 38.8 Å². The highest BCUT2D eigenvalue weighted by Gasteiger charge is 2.55. The molecule has 2 unspecified atom stereocenters. The van der Waals surface area contributed by atoms with Gasteiger partial charge in [0.1, 0.15) is 5.60 Å². The molecule has 0 aromatic heterocycles. The van der Waals surface area contributed by atoms with Gasteiger partial charge in [0.15, 0.2) is 11.6 Å². The average Bonchev–Trinajstić information content (AvgIpc) is 2.82. The zero-order valence-electron chi connectivity index (χ0n) is 13.2. The van der Waals surface area contributed by atoms with E-state index in [2.05, 4.69) is 0 Å². The van der Waals surface area contributed by atoms with Crippen molar-refractivity contribution >= 4 is 6.09 Å². The zero-order valence-corrected chi connectivity index (χ0v) is 13.2. The van der Waals surface area contributed by atoms with E-state index in [0.29, 0.717) is 12.0 Å². The summed E-state index contributed by atoms with van der Waals surface area (Å²) in [5.41, 5.74) is -0.974. The lowest BCUT2D eigenvalue weighted by molar-refractivity contribution is -0.0734. The Hall–Kier alpha value is -1.69. The fourth-order valence-electron chi connectivity index (χ4n) is 3.57. The summed E-state index contributed by atoms with van der Waals surface area (Å²) in [4.78, 5) is 12.9. The number of hydrogen-bond acceptors (Lipinski definition) is 2. The first-order chi connectivity index (χ1) is 10.1. The van der Waals surface area contributed by atoms with Crippen molar-refractivity contribution < 1.29 is 23.4 Å². The van der Waals surface area contributed by atoms with Crippen LogP contribution in [0.15, 0.2) is 18.2 Å². The Balaban J connectivity index is 2.60. The van der Waals surface area contributed by atoms with Crippen molar-refractivity contribution in [3.8, 4) is 0 Å². The van der Waals surface area contributed by atoms with Gasteiger partial charge in [-0.15, -0.1) is 0 Å². The van der Waals surface area contributed by atoms with Gasteiger partial charge in [-0.05, 0) is 23.1 Å². The number of carboxylic acid groups (broad SMARTS) is 1. The number of ether oxygens (including phenoxy) is 1. The second-order valence-electron chi connectivity index (χ2n) is 6.72. The highest BCUT2D eigenvalue weighted by Crippen LogP contribution is 2.48. The molecule has 0 saturated carbocycles. The number of halogens is 2. The minimum absolute atomic E-state index is 0.282. The normalized spacial score (nSPS) is 25.5. The number of amides is 1. The third kappa shape index (κ3) is 2.56. The first-order valence-corrected chi connectivity index (χ1v) is 7.14. The molecule has 1 amide bonds. The molecule has 2 rings (SSSR count). The van der Waals surface area contributed by atoms with E-state index in [4.69, 9.17) is 4.74 Å². The van der Waals surface area contributed by atoms with Gasteiger partial charge >= 0.3 is 6.09 Å². The van der Waals surface area contributed by atoms with Crippen LogP contribution in [-0.2, 0) is 10.3 Å². The summed E-state index contributed by atoms with van der Waals surface area (Å²) in [6, 6.07) is 3.11. The average molecular weight is 313 g/mol. The lowest BCUT2D eigenvalue weighted by Crippen LogP contribution is -2.53. The van der Waals surface area contributed by atoms with E-state index in [0.717, 1.165) is 12.1 Å². The molecule has 1 N–H and O–H groups in total. The van der Waals surface area contributed by atoms with Gasteiger partial charge in [0.25, 0.3) is 0 Å². The number of methoxy groups -OCH3 is 1. The van der Waals surface area contributed by atoms with Gasteiger partial charge in [-0.1, -0.05) is 26.8 Å². The van der Waals surface area contributed by atoms with Crippen LogP contribution in [0.5, 0.6) is 0 Å². The van der Waals surface area contributed by atoms with Crippen molar-refractivity contribution in [1.82, 2.24) is 4.90 Å². The van der Waals surface area contributed by atoms with Crippen LogP contribution in [0.4, 0.5) is 13.6 Å². The fourth-order valence-corrected chi connectivity index (χ4v) is 3.57. The highest BCUT2D eigenvalue weighted by atomic mass is 19.2. The third-order valence-corrected chi connectivity index (χ3v) is 4.32. The summed E-state index contributed by atoms with van der Waals surface area (Å²) in [6.07, 6.45) is -0.649. The van der Waals surface area contributed by atoms with Crippen LogP contribution < -0.4 is 0 Å². The van der Waals surface area contributed by atoms with E-state index < -0.39 is 34.8 Å². The Morgan fingerprint density at radius 3 is 2.45 bits per heavy atom. The number of rotatable bonds is 2. The van der Waals surface area contributed by atoms with Gasteiger partial charge in [-0.3, -0.25) is 0 Å². The largest absolute Gasteiger partial charge is 0.465 e. The number of nitrogens with zero attached hydrogens (tertiary/aromatic N) is 1. The van der Waals surface area contributed by atoms with Crippen LogP contribution in [0, 0.1) is 17.0 Å². The standard InChI is InChI=1S/C16H21F2NO3/c1-15(2,3)13-16(22-4,7-8-19(13)14(20)21)10-5-6-11(17)12(18)9-10/h5-6,9,13H,7-8H2,1-4H3,(H,20,21). The van der Waals surface area contributed by atoms with Crippen LogP contribution in [0.1, 0.15) is 32.8 Å². The molecule has 122 valence electrons. The number of carbonyl (C=O) groups is 1. The Bertz CT molecular complexity index is 585. The molecular formula is C16H21F2NO3. The smallest absolute Gasteiger partial charge is 0.407 e. The van der Waals surface area contributed by atoms with Crippen molar-refractivity contribution in [3.63, 3.8) is 0 Å². The number of hydrogen-bond donors (Lipinski definition) is 1. The third-order valence-electron chi connectivity index (χ3n) is 4.32. The van der Waals surface area contributed by atoms with Gasteiger partial charge in [0.2, 0.25) is 0 Å². The summed E-state index contributed by atoms with van der Waals surface area (Å²) in [7, 11) is 1.48. The van der Waals surface area contributed by atoms with E-state index in [1.807, 2.05) is 20.8 Å². The molecule has 1 saturated heterocycles. The minimum atomic E-state index is -1.04. The van der Waals surface area contributed by atoms with Gasteiger partial charge in [-0.2, -0.15) is 0 Å². The molecule has 1 aromatic rings.